The molecule has 10 heteroatoms. The molecule has 0 bridgehead atoms. The Labute approximate surface area is 187 Å². The van der Waals surface area contributed by atoms with Crippen molar-refractivity contribution in [1.82, 2.24) is 24.0 Å². The largest absolute Gasteiger partial charge is 0.339 e. The molecule has 0 spiro atoms. The smallest absolute Gasteiger partial charge is 0.236 e. The molecule has 8 nitrogen and oxygen atoms in total. The van der Waals surface area contributed by atoms with E-state index < -0.39 is 10.0 Å². The number of thioether (sulfide) groups is 1. The third-order valence-corrected chi connectivity index (χ3v) is 8.10. The summed E-state index contributed by atoms with van der Waals surface area (Å²) in [5, 5.41) is 10.6. The van der Waals surface area contributed by atoms with E-state index >= 15 is 0 Å². The summed E-state index contributed by atoms with van der Waals surface area (Å²) in [5.41, 5.74) is 0.836. The van der Waals surface area contributed by atoms with Crippen molar-refractivity contribution in [2.45, 2.75) is 37.4 Å². The Morgan fingerprint density at radius 3 is 2.55 bits per heavy atom. The summed E-state index contributed by atoms with van der Waals surface area (Å²) in [7, 11) is -3.50. The molecule has 4 rings (SSSR count). The monoisotopic (exact) mass is 461 g/mol. The van der Waals surface area contributed by atoms with E-state index in [4.69, 9.17) is 0 Å². The van der Waals surface area contributed by atoms with Crippen LogP contribution in [0.1, 0.15) is 30.7 Å². The van der Waals surface area contributed by atoms with Crippen LogP contribution in [0, 0.1) is 0 Å². The van der Waals surface area contributed by atoms with Crippen molar-refractivity contribution in [3.63, 3.8) is 0 Å². The van der Waals surface area contributed by atoms with Gasteiger partial charge in [-0.15, -0.1) is 10.2 Å². The van der Waals surface area contributed by atoms with Crippen LogP contribution in [-0.4, -0.2) is 70.2 Å². The van der Waals surface area contributed by atoms with Gasteiger partial charge in [-0.2, -0.15) is 4.31 Å². The molecule has 0 radical (unpaired) electrons. The Balaban J connectivity index is 1.28. The number of amides is 1. The maximum Gasteiger partial charge on any atom is 0.236 e. The van der Waals surface area contributed by atoms with Gasteiger partial charge in [0.1, 0.15) is 5.82 Å². The van der Waals surface area contributed by atoms with Crippen molar-refractivity contribution < 1.29 is 13.2 Å². The number of rotatable bonds is 6. The van der Waals surface area contributed by atoms with Gasteiger partial charge in [-0.1, -0.05) is 48.5 Å². The second-order valence-corrected chi connectivity index (χ2v) is 10.4. The molecule has 3 heterocycles. The fraction of sp³-hybridized carbons (Fsp3) is 0.476. The van der Waals surface area contributed by atoms with Gasteiger partial charge in [0.05, 0.1) is 5.75 Å². The number of fused-ring (bicyclic) bond motifs is 1. The van der Waals surface area contributed by atoms with Crippen LogP contribution in [0.4, 0.5) is 0 Å². The number of aryl methyl sites for hydroxylation is 1. The van der Waals surface area contributed by atoms with Gasteiger partial charge in [-0.25, -0.2) is 8.42 Å². The van der Waals surface area contributed by atoms with Crippen molar-refractivity contribution in [3.8, 4) is 0 Å². The van der Waals surface area contributed by atoms with Gasteiger partial charge in [0.25, 0.3) is 0 Å². The Morgan fingerprint density at radius 2 is 1.77 bits per heavy atom. The average Bonchev–Trinajstić information content (AvgIpc) is 3.02. The van der Waals surface area contributed by atoms with Crippen molar-refractivity contribution in [2.75, 3.05) is 31.9 Å². The highest BCUT2D eigenvalue weighted by atomic mass is 32.2. The van der Waals surface area contributed by atoms with E-state index in [1.807, 2.05) is 30.3 Å². The minimum absolute atomic E-state index is 0.00727. The van der Waals surface area contributed by atoms with Crippen molar-refractivity contribution in [1.29, 1.82) is 0 Å². The molecule has 1 amide bonds. The van der Waals surface area contributed by atoms with Crippen molar-refractivity contribution in [2.24, 2.45) is 0 Å². The predicted molar refractivity (Wildman–Crippen MR) is 121 cm³/mol. The van der Waals surface area contributed by atoms with Gasteiger partial charge >= 0.3 is 0 Å². The van der Waals surface area contributed by atoms with Crippen molar-refractivity contribution >= 4 is 33.8 Å². The molecule has 1 aromatic heterocycles. The number of benzene rings is 1. The van der Waals surface area contributed by atoms with E-state index in [2.05, 4.69) is 14.8 Å². The summed E-state index contributed by atoms with van der Waals surface area (Å²) < 4.78 is 28.8. The second kappa shape index (κ2) is 9.97. The summed E-state index contributed by atoms with van der Waals surface area (Å²) >= 11 is 1.42. The van der Waals surface area contributed by atoms with Crippen LogP contribution in [0.25, 0.3) is 6.08 Å². The predicted octanol–water partition coefficient (Wildman–Crippen LogP) is 2.24. The molecule has 0 unspecified atom stereocenters. The van der Waals surface area contributed by atoms with Gasteiger partial charge in [-0.05, 0) is 24.5 Å². The van der Waals surface area contributed by atoms with Crippen LogP contribution in [0.3, 0.4) is 0 Å². The lowest BCUT2D eigenvalue weighted by Crippen LogP contribution is -2.50. The van der Waals surface area contributed by atoms with E-state index in [0.29, 0.717) is 31.9 Å². The molecule has 0 saturated carbocycles. The normalized spacial score (nSPS) is 18.1. The maximum absolute atomic E-state index is 12.7. The van der Waals surface area contributed by atoms with Gasteiger partial charge in [0, 0.05) is 44.6 Å². The molecule has 0 atom stereocenters. The lowest BCUT2D eigenvalue weighted by Gasteiger charge is -2.33. The molecular formula is C21H27N5O3S2. The van der Waals surface area contributed by atoms with E-state index in [1.54, 1.807) is 11.0 Å². The van der Waals surface area contributed by atoms with Crippen LogP contribution < -0.4 is 0 Å². The number of carbonyl (C=O) groups is 1. The Kier molecular flexibility index (Phi) is 7.09. The van der Waals surface area contributed by atoms with Gasteiger partial charge < -0.3 is 9.47 Å². The Bertz CT molecular complexity index is 1030. The van der Waals surface area contributed by atoms with Crippen molar-refractivity contribution in [3.05, 3.63) is 47.1 Å². The summed E-state index contributed by atoms with van der Waals surface area (Å²) in [6, 6.07) is 9.33. The average molecular weight is 462 g/mol. The highest BCUT2D eigenvalue weighted by molar-refractivity contribution is 7.99. The number of hydrogen-bond acceptors (Lipinski definition) is 6. The topological polar surface area (TPSA) is 88.4 Å². The number of sulfonamides is 1. The van der Waals surface area contributed by atoms with Gasteiger partial charge in [0.2, 0.25) is 15.9 Å². The molecule has 166 valence electrons. The maximum atomic E-state index is 12.7. The summed E-state index contributed by atoms with van der Waals surface area (Å²) in [5.74, 6) is 1.31. The van der Waals surface area contributed by atoms with E-state index in [1.165, 1.54) is 27.9 Å². The summed E-state index contributed by atoms with van der Waals surface area (Å²) in [6.45, 7) is 2.31. The summed E-state index contributed by atoms with van der Waals surface area (Å²) in [6.07, 6.45) is 5.99. The lowest BCUT2D eigenvalue weighted by atomic mass is 10.2. The minimum atomic E-state index is -3.50. The number of piperazine rings is 1. The highest BCUT2D eigenvalue weighted by Gasteiger charge is 2.27. The first-order valence-electron chi connectivity index (χ1n) is 10.6. The minimum Gasteiger partial charge on any atom is -0.339 e. The van der Waals surface area contributed by atoms with Crippen LogP contribution >= 0.6 is 11.8 Å². The fourth-order valence-corrected chi connectivity index (χ4v) is 5.85. The third-order valence-electron chi connectivity index (χ3n) is 5.58. The first-order valence-corrected chi connectivity index (χ1v) is 13.1. The molecule has 2 aliphatic rings. The summed E-state index contributed by atoms with van der Waals surface area (Å²) in [4.78, 5) is 14.4. The van der Waals surface area contributed by atoms with Crippen LogP contribution in [0.5, 0.6) is 0 Å². The number of nitrogens with zero attached hydrogens (tertiary/aromatic N) is 5. The van der Waals surface area contributed by atoms with Crippen LogP contribution in [-0.2, 0) is 27.8 Å². The van der Waals surface area contributed by atoms with Gasteiger partial charge in [0.15, 0.2) is 5.16 Å². The molecule has 0 N–H and O–H groups in total. The second-order valence-electron chi connectivity index (χ2n) is 7.69. The Hall–Kier alpha value is -2.17. The van der Waals surface area contributed by atoms with Gasteiger partial charge in [-0.3, -0.25) is 4.79 Å². The van der Waals surface area contributed by atoms with Crippen LogP contribution in [0.15, 0.2) is 40.9 Å². The number of aromatic nitrogens is 3. The molecular weight excluding hydrogens is 434 g/mol. The quantitative estimate of drug-likeness (QED) is 0.613. The number of carbonyl (C=O) groups excluding carboxylic acids is 1. The first-order chi connectivity index (χ1) is 15.0. The third kappa shape index (κ3) is 5.55. The molecule has 1 saturated heterocycles. The van der Waals surface area contributed by atoms with E-state index in [9.17, 15) is 13.2 Å². The SMILES string of the molecule is O=C(CSc1nnc2n1CCCCC2)N1CCN(S(=O)(=O)/C=C/c2ccccc2)CC1. The number of hydrogen-bond donors (Lipinski definition) is 0. The lowest BCUT2D eigenvalue weighted by molar-refractivity contribution is -0.129. The standard InChI is InChI=1S/C21H27N5O3S2/c27-20(17-30-21-23-22-19-9-5-2-6-11-26(19)21)24-12-14-25(15-13-24)31(28,29)16-10-18-7-3-1-4-8-18/h1,3-4,7-8,10,16H,2,5-6,9,11-15,17H2/b16-10+. The zero-order valence-electron chi connectivity index (χ0n) is 17.4. The van der Waals surface area contributed by atoms with E-state index in [-0.39, 0.29) is 5.91 Å². The molecule has 2 aromatic rings. The molecule has 1 fully saturated rings. The first kappa shape index (κ1) is 22.0. The molecule has 0 aliphatic carbocycles. The fourth-order valence-electron chi connectivity index (χ4n) is 3.79. The zero-order valence-corrected chi connectivity index (χ0v) is 19.0. The molecule has 2 aliphatic heterocycles. The highest BCUT2D eigenvalue weighted by Crippen LogP contribution is 2.22. The van der Waals surface area contributed by atoms with E-state index in [0.717, 1.165) is 42.4 Å². The Morgan fingerprint density at radius 1 is 1.00 bits per heavy atom. The molecule has 31 heavy (non-hydrogen) atoms. The zero-order chi connectivity index (χ0) is 21.7. The molecule has 1 aromatic carbocycles. The van der Waals surface area contributed by atoms with Crippen LogP contribution in [0.2, 0.25) is 0 Å².